The van der Waals surface area contributed by atoms with E-state index in [0.29, 0.717) is 0 Å². The Bertz CT molecular complexity index is 382. The number of nitrogens with two attached hydrogens (primary N) is 1. The maximum absolute atomic E-state index is 5.98. The first-order valence-corrected chi connectivity index (χ1v) is 7.56. The highest BCUT2D eigenvalue weighted by Gasteiger charge is 2.01. The normalized spacial score (nSPS) is 11.0. The van der Waals surface area contributed by atoms with Crippen molar-refractivity contribution in [1.29, 1.82) is 0 Å². The Morgan fingerprint density at radius 3 is 2.75 bits per heavy atom. The molecular formula is C16H29N3O. The molecule has 0 radical (unpaired) electrons. The van der Waals surface area contributed by atoms with E-state index in [4.69, 9.17) is 10.5 Å². The quantitative estimate of drug-likeness (QED) is 0.510. The Kier molecular flexibility index (Phi) is 8.07. The molecule has 0 unspecified atom stereocenters. The topological polar surface area (TPSA) is 50.5 Å². The fraction of sp³-hybridized carbons (Fsp3) is 0.625. The van der Waals surface area contributed by atoms with Gasteiger partial charge in [0.2, 0.25) is 0 Å². The first-order valence-electron chi connectivity index (χ1n) is 7.56. The van der Waals surface area contributed by atoms with Crippen LogP contribution in [0.3, 0.4) is 0 Å². The maximum atomic E-state index is 5.98. The number of hydrogen-bond donors (Lipinski definition) is 2. The lowest BCUT2D eigenvalue weighted by Gasteiger charge is -2.17. The molecule has 0 aliphatic heterocycles. The number of nitrogen functional groups attached to an aromatic ring is 1. The Labute approximate surface area is 123 Å². The molecule has 0 saturated carbocycles. The average Bonchev–Trinajstić information content (AvgIpc) is 2.45. The fourth-order valence-corrected chi connectivity index (χ4v) is 2.03. The summed E-state index contributed by atoms with van der Waals surface area (Å²) >= 11 is 0. The molecule has 0 aliphatic rings. The molecular weight excluding hydrogens is 250 g/mol. The number of hydrogen-bond acceptors (Lipinski definition) is 4. The second kappa shape index (κ2) is 9.61. The molecule has 1 aromatic carbocycles. The van der Waals surface area contributed by atoms with E-state index in [1.54, 1.807) is 0 Å². The van der Waals surface area contributed by atoms with Crippen molar-refractivity contribution in [1.82, 2.24) is 4.90 Å². The number of benzene rings is 1. The SMILES string of the molecule is CCOCCN(C)CCCNc1cc(CC)ccc1N. The van der Waals surface area contributed by atoms with Crippen molar-refractivity contribution in [3.8, 4) is 0 Å². The molecule has 0 saturated heterocycles. The van der Waals surface area contributed by atoms with Crippen molar-refractivity contribution in [2.45, 2.75) is 26.7 Å². The molecule has 20 heavy (non-hydrogen) atoms. The van der Waals surface area contributed by atoms with Crippen LogP contribution >= 0.6 is 0 Å². The summed E-state index contributed by atoms with van der Waals surface area (Å²) in [7, 11) is 2.13. The molecule has 0 heterocycles. The van der Waals surface area contributed by atoms with Crippen LogP contribution in [0, 0.1) is 0 Å². The predicted octanol–water partition coefficient (Wildman–Crippen LogP) is 2.60. The lowest BCUT2D eigenvalue weighted by atomic mass is 10.1. The second-order valence-electron chi connectivity index (χ2n) is 5.06. The largest absolute Gasteiger partial charge is 0.397 e. The van der Waals surface area contributed by atoms with Gasteiger partial charge in [0.15, 0.2) is 0 Å². The van der Waals surface area contributed by atoms with E-state index >= 15 is 0 Å². The van der Waals surface area contributed by atoms with Crippen LogP contribution in [0.4, 0.5) is 11.4 Å². The number of ether oxygens (including phenoxy) is 1. The standard InChI is InChI=1S/C16H29N3O/c1-4-14-7-8-15(17)16(13-14)18-9-6-10-19(3)11-12-20-5-2/h7-8,13,18H,4-6,9-12,17H2,1-3H3. The van der Waals surface area contributed by atoms with Crippen LogP contribution in [0.2, 0.25) is 0 Å². The summed E-state index contributed by atoms with van der Waals surface area (Å²) in [6, 6.07) is 6.21. The van der Waals surface area contributed by atoms with E-state index in [-0.39, 0.29) is 0 Å². The van der Waals surface area contributed by atoms with Crippen LogP contribution in [-0.2, 0) is 11.2 Å². The van der Waals surface area contributed by atoms with Gasteiger partial charge in [-0.2, -0.15) is 0 Å². The number of nitrogens with one attached hydrogen (secondary N) is 1. The van der Waals surface area contributed by atoms with Crippen molar-refractivity contribution in [2.24, 2.45) is 0 Å². The van der Waals surface area contributed by atoms with Gasteiger partial charge in [0.1, 0.15) is 0 Å². The van der Waals surface area contributed by atoms with Gasteiger partial charge in [0.25, 0.3) is 0 Å². The summed E-state index contributed by atoms with van der Waals surface area (Å²) in [5.41, 5.74) is 9.18. The minimum absolute atomic E-state index is 0.794. The molecule has 0 bridgehead atoms. The van der Waals surface area contributed by atoms with Crippen molar-refractivity contribution in [3.05, 3.63) is 23.8 Å². The number of rotatable bonds is 10. The van der Waals surface area contributed by atoms with Gasteiger partial charge in [-0.05, 0) is 51.1 Å². The monoisotopic (exact) mass is 279 g/mol. The second-order valence-corrected chi connectivity index (χ2v) is 5.06. The molecule has 1 aromatic rings. The van der Waals surface area contributed by atoms with E-state index in [2.05, 4.69) is 36.3 Å². The highest BCUT2D eigenvalue weighted by molar-refractivity contribution is 5.67. The first kappa shape index (κ1) is 16.8. The van der Waals surface area contributed by atoms with Gasteiger partial charge in [0, 0.05) is 19.7 Å². The highest BCUT2D eigenvalue weighted by atomic mass is 16.5. The van der Waals surface area contributed by atoms with Crippen molar-refractivity contribution in [3.63, 3.8) is 0 Å². The molecule has 4 heteroatoms. The molecule has 0 atom stereocenters. The zero-order valence-electron chi connectivity index (χ0n) is 13.1. The third-order valence-electron chi connectivity index (χ3n) is 3.38. The molecule has 0 aliphatic carbocycles. The van der Waals surface area contributed by atoms with Gasteiger partial charge in [0.05, 0.1) is 18.0 Å². The van der Waals surface area contributed by atoms with Gasteiger partial charge < -0.3 is 20.7 Å². The Balaban J connectivity index is 2.23. The summed E-state index contributed by atoms with van der Waals surface area (Å²) in [6.45, 7) is 8.78. The lowest BCUT2D eigenvalue weighted by Crippen LogP contribution is -2.25. The molecule has 3 N–H and O–H groups in total. The predicted molar refractivity (Wildman–Crippen MR) is 87.3 cm³/mol. The number of likely N-dealkylation sites (N-methyl/N-ethyl adjacent to an activating group) is 1. The van der Waals surface area contributed by atoms with Gasteiger partial charge in [-0.3, -0.25) is 0 Å². The zero-order chi connectivity index (χ0) is 14.8. The van der Waals surface area contributed by atoms with Gasteiger partial charge >= 0.3 is 0 Å². The summed E-state index contributed by atoms with van der Waals surface area (Å²) in [5.74, 6) is 0. The van der Waals surface area contributed by atoms with E-state index in [1.807, 2.05) is 13.0 Å². The molecule has 0 amide bonds. The average molecular weight is 279 g/mol. The van der Waals surface area contributed by atoms with E-state index in [0.717, 1.165) is 57.1 Å². The van der Waals surface area contributed by atoms with E-state index < -0.39 is 0 Å². The third kappa shape index (κ3) is 6.26. The smallest absolute Gasteiger partial charge is 0.0593 e. The third-order valence-corrected chi connectivity index (χ3v) is 3.38. The van der Waals surface area contributed by atoms with Crippen LogP contribution < -0.4 is 11.1 Å². The fourth-order valence-electron chi connectivity index (χ4n) is 2.03. The first-order chi connectivity index (χ1) is 9.67. The zero-order valence-corrected chi connectivity index (χ0v) is 13.1. The minimum atomic E-state index is 0.794. The summed E-state index contributed by atoms with van der Waals surface area (Å²) < 4.78 is 5.35. The maximum Gasteiger partial charge on any atom is 0.0593 e. The van der Waals surface area contributed by atoms with Crippen LogP contribution in [-0.4, -0.2) is 44.8 Å². The summed E-state index contributed by atoms with van der Waals surface area (Å²) in [5, 5.41) is 3.43. The molecule has 0 aromatic heterocycles. The Morgan fingerprint density at radius 1 is 1.25 bits per heavy atom. The van der Waals surface area contributed by atoms with Gasteiger partial charge in [-0.25, -0.2) is 0 Å². The van der Waals surface area contributed by atoms with Gasteiger partial charge in [-0.15, -0.1) is 0 Å². The number of aryl methyl sites for hydroxylation is 1. The molecule has 0 spiro atoms. The van der Waals surface area contributed by atoms with Crippen molar-refractivity contribution < 1.29 is 4.74 Å². The molecule has 0 fully saturated rings. The Hall–Kier alpha value is -1.26. The van der Waals surface area contributed by atoms with E-state index in [1.165, 1.54) is 5.56 Å². The van der Waals surface area contributed by atoms with Crippen molar-refractivity contribution >= 4 is 11.4 Å². The Morgan fingerprint density at radius 2 is 2.05 bits per heavy atom. The highest BCUT2D eigenvalue weighted by Crippen LogP contribution is 2.20. The van der Waals surface area contributed by atoms with Crippen LogP contribution in [0.25, 0.3) is 0 Å². The minimum Gasteiger partial charge on any atom is -0.397 e. The summed E-state index contributed by atoms with van der Waals surface area (Å²) in [4.78, 5) is 2.29. The van der Waals surface area contributed by atoms with Crippen molar-refractivity contribution in [2.75, 3.05) is 50.9 Å². The van der Waals surface area contributed by atoms with Crippen LogP contribution in [0.15, 0.2) is 18.2 Å². The molecule has 114 valence electrons. The van der Waals surface area contributed by atoms with Crippen LogP contribution in [0.1, 0.15) is 25.8 Å². The summed E-state index contributed by atoms with van der Waals surface area (Å²) in [6.07, 6.45) is 2.13. The number of anilines is 2. The lowest BCUT2D eigenvalue weighted by molar-refractivity contribution is 0.122. The number of nitrogens with zero attached hydrogens (tertiary/aromatic N) is 1. The van der Waals surface area contributed by atoms with E-state index in [9.17, 15) is 0 Å². The van der Waals surface area contributed by atoms with Crippen LogP contribution in [0.5, 0.6) is 0 Å². The molecule has 4 nitrogen and oxygen atoms in total. The van der Waals surface area contributed by atoms with Gasteiger partial charge in [-0.1, -0.05) is 13.0 Å². The molecule has 1 rings (SSSR count).